The van der Waals surface area contributed by atoms with Crippen molar-refractivity contribution in [3.63, 3.8) is 0 Å². The van der Waals surface area contributed by atoms with Crippen LogP contribution in [0.1, 0.15) is 30.5 Å². The highest BCUT2D eigenvalue weighted by molar-refractivity contribution is 6.08. The van der Waals surface area contributed by atoms with Crippen LogP contribution in [0.3, 0.4) is 0 Å². The van der Waals surface area contributed by atoms with Gasteiger partial charge in [-0.3, -0.25) is 4.79 Å². The number of benzene rings is 2. The fraction of sp³-hybridized carbons (Fsp3) is 0.250. The van der Waals surface area contributed by atoms with Gasteiger partial charge in [-0.2, -0.15) is 13.2 Å². The van der Waals surface area contributed by atoms with E-state index in [9.17, 15) is 23.1 Å². The average molecular weight is 441 g/mol. The number of aromatic nitrogens is 1. The Kier molecular flexibility index (Phi) is 6.03. The van der Waals surface area contributed by atoms with Gasteiger partial charge in [-0.15, -0.1) is 0 Å². The lowest BCUT2D eigenvalue weighted by Crippen LogP contribution is -2.31. The van der Waals surface area contributed by atoms with Gasteiger partial charge in [0, 0.05) is 35.8 Å². The molecule has 32 heavy (non-hydrogen) atoms. The summed E-state index contributed by atoms with van der Waals surface area (Å²) in [6, 6.07) is 12.5. The Morgan fingerprint density at radius 2 is 1.84 bits per heavy atom. The van der Waals surface area contributed by atoms with E-state index in [-0.39, 0.29) is 11.6 Å². The number of halogens is 3. The third-order valence-electron chi connectivity index (χ3n) is 5.39. The lowest BCUT2D eigenvalue weighted by molar-refractivity contribution is -0.141. The second-order valence-corrected chi connectivity index (χ2v) is 7.69. The zero-order valence-corrected chi connectivity index (χ0v) is 17.2. The molecule has 0 aliphatic carbocycles. The zero-order valence-electron chi connectivity index (χ0n) is 17.2. The minimum atomic E-state index is -4.54. The van der Waals surface area contributed by atoms with Crippen molar-refractivity contribution in [3.05, 3.63) is 65.9 Å². The molecule has 2 heterocycles. The Balaban J connectivity index is 1.60. The maximum absolute atomic E-state index is 13.2. The highest BCUT2D eigenvalue weighted by atomic mass is 19.4. The maximum Gasteiger partial charge on any atom is 0.433 e. The number of hydrogen-bond acceptors (Lipinski definition) is 4. The van der Waals surface area contributed by atoms with E-state index < -0.39 is 17.8 Å². The molecule has 1 aliphatic heterocycles. The molecule has 0 bridgehead atoms. The Labute approximate surface area is 183 Å². The summed E-state index contributed by atoms with van der Waals surface area (Å²) in [5.41, 5.74) is 0.0238. The van der Waals surface area contributed by atoms with E-state index in [2.05, 4.69) is 10.3 Å². The Hall–Kier alpha value is -3.55. The molecule has 0 spiro atoms. The van der Waals surface area contributed by atoms with E-state index >= 15 is 0 Å². The molecule has 2 aromatic carbocycles. The van der Waals surface area contributed by atoms with E-state index in [4.69, 9.17) is 0 Å². The second-order valence-electron chi connectivity index (χ2n) is 7.69. The lowest BCUT2D eigenvalue weighted by atomic mass is 10.1. The lowest BCUT2D eigenvalue weighted by Gasteiger charge is -2.29. The van der Waals surface area contributed by atoms with Crippen molar-refractivity contribution in [2.45, 2.75) is 25.4 Å². The fourth-order valence-electron chi connectivity index (χ4n) is 3.82. The van der Waals surface area contributed by atoms with Crippen molar-refractivity contribution in [1.82, 2.24) is 4.98 Å². The second kappa shape index (κ2) is 8.90. The molecule has 2 N–H and O–H groups in total. The smallest absolute Gasteiger partial charge is 0.433 e. The third-order valence-corrected chi connectivity index (χ3v) is 5.39. The SMILES string of the molecule is O=C(/C=C/c1ccc(C(F)(F)F)nc1N1CCCCC1)Nc1cccc2ccc(O)cc12. The fourth-order valence-corrected chi connectivity index (χ4v) is 3.82. The molecule has 8 heteroatoms. The number of pyridine rings is 1. The number of carbonyl (C=O) groups excluding carboxylic acids is 1. The van der Waals surface area contributed by atoms with Crippen LogP contribution in [0.5, 0.6) is 5.75 Å². The first-order valence-corrected chi connectivity index (χ1v) is 10.4. The molecule has 0 unspecified atom stereocenters. The molecule has 166 valence electrons. The third kappa shape index (κ3) is 4.85. The van der Waals surface area contributed by atoms with E-state index in [0.717, 1.165) is 30.7 Å². The van der Waals surface area contributed by atoms with Crippen LogP contribution in [-0.4, -0.2) is 29.1 Å². The molecule has 5 nitrogen and oxygen atoms in total. The van der Waals surface area contributed by atoms with Crippen LogP contribution in [-0.2, 0) is 11.0 Å². The number of nitrogens with one attached hydrogen (secondary N) is 1. The van der Waals surface area contributed by atoms with E-state index in [1.54, 1.807) is 30.3 Å². The van der Waals surface area contributed by atoms with Crippen LogP contribution in [0.15, 0.2) is 54.6 Å². The van der Waals surface area contributed by atoms with Crippen LogP contribution in [0.2, 0.25) is 0 Å². The van der Waals surface area contributed by atoms with Gasteiger partial charge in [0.25, 0.3) is 0 Å². The van der Waals surface area contributed by atoms with Crippen LogP contribution >= 0.6 is 0 Å². The van der Waals surface area contributed by atoms with Gasteiger partial charge in [0.2, 0.25) is 5.91 Å². The number of hydrogen-bond donors (Lipinski definition) is 2. The van der Waals surface area contributed by atoms with Gasteiger partial charge < -0.3 is 15.3 Å². The monoisotopic (exact) mass is 441 g/mol. The number of amides is 1. The Morgan fingerprint density at radius 1 is 1.06 bits per heavy atom. The molecule has 1 aromatic heterocycles. The van der Waals surface area contributed by atoms with Crippen molar-refractivity contribution < 1.29 is 23.1 Å². The molecule has 1 amide bonds. The number of phenols is 1. The van der Waals surface area contributed by atoms with Crippen LogP contribution < -0.4 is 10.2 Å². The molecule has 1 fully saturated rings. The summed E-state index contributed by atoms with van der Waals surface area (Å²) in [4.78, 5) is 18.3. The minimum Gasteiger partial charge on any atom is -0.508 e. The summed E-state index contributed by atoms with van der Waals surface area (Å²) in [5.74, 6) is -0.124. The zero-order chi connectivity index (χ0) is 22.7. The molecular weight excluding hydrogens is 419 g/mol. The first-order chi connectivity index (χ1) is 15.3. The minimum absolute atomic E-state index is 0.0803. The number of aromatic hydroxyl groups is 1. The van der Waals surface area contributed by atoms with Gasteiger partial charge in [0.1, 0.15) is 17.3 Å². The highest BCUT2D eigenvalue weighted by Crippen LogP contribution is 2.32. The summed E-state index contributed by atoms with van der Waals surface area (Å²) in [6.07, 6.45) is 1.02. The highest BCUT2D eigenvalue weighted by Gasteiger charge is 2.33. The van der Waals surface area contributed by atoms with Gasteiger partial charge in [-0.05, 0) is 61.1 Å². The van der Waals surface area contributed by atoms with E-state index in [0.29, 0.717) is 29.7 Å². The molecular formula is C24H22F3N3O2. The molecule has 0 radical (unpaired) electrons. The molecule has 3 aromatic rings. The van der Waals surface area contributed by atoms with Gasteiger partial charge in [0.15, 0.2) is 0 Å². The number of fused-ring (bicyclic) bond motifs is 1. The van der Waals surface area contributed by atoms with Crippen LogP contribution in [0, 0.1) is 0 Å². The topological polar surface area (TPSA) is 65.5 Å². The predicted molar refractivity (Wildman–Crippen MR) is 119 cm³/mol. The number of phenolic OH excluding ortho intramolecular Hbond substituents is 1. The normalized spacial score (nSPS) is 14.8. The van der Waals surface area contributed by atoms with Crippen molar-refractivity contribution in [2.24, 2.45) is 0 Å². The number of anilines is 2. The van der Waals surface area contributed by atoms with Crippen molar-refractivity contribution >= 4 is 34.3 Å². The molecule has 1 saturated heterocycles. The first-order valence-electron chi connectivity index (χ1n) is 10.4. The molecule has 0 atom stereocenters. The summed E-state index contributed by atoms with van der Waals surface area (Å²) in [5, 5.41) is 14.1. The van der Waals surface area contributed by atoms with Gasteiger partial charge in [0.05, 0.1) is 0 Å². The predicted octanol–water partition coefficient (Wildman–Crippen LogP) is 5.60. The quantitative estimate of drug-likeness (QED) is 0.517. The van der Waals surface area contributed by atoms with E-state index in [1.165, 1.54) is 18.2 Å². The summed E-state index contributed by atoms with van der Waals surface area (Å²) in [6.45, 7) is 1.25. The summed E-state index contributed by atoms with van der Waals surface area (Å²) >= 11 is 0. The molecule has 4 rings (SSSR count). The van der Waals surface area contributed by atoms with Gasteiger partial charge in [-0.1, -0.05) is 18.2 Å². The number of piperidine rings is 1. The number of rotatable bonds is 4. The van der Waals surface area contributed by atoms with E-state index in [1.807, 2.05) is 11.0 Å². The molecule has 1 aliphatic rings. The van der Waals surface area contributed by atoms with Gasteiger partial charge in [-0.25, -0.2) is 4.98 Å². The van der Waals surface area contributed by atoms with Gasteiger partial charge >= 0.3 is 6.18 Å². The number of nitrogens with zero attached hydrogens (tertiary/aromatic N) is 2. The summed E-state index contributed by atoms with van der Waals surface area (Å²) in [7, 11) is 0. The standard InChI is InChI=1S/C24H22F3N3O2/c25-24(26,27)21-11-8-17(23(29-21)30-13-2-1-3-14-30)9-12-22(32)28-20-6-4-5-16-7-10-18(31)15-19(16)20/h4-12,15,31H,1-3,13-14H2,(H,28,32)/b12-9+. The summed E-state index contributed by atoms with van der Waals surface area (Å²) < 4.78 is 39.6. The Morgan fingerprint density at radius 3 is 2.59 bits per heavy atom. The maximum atomic E-state index is 13.2. The Bertz CT molecular complexity index is 1170. The van der Waals surface area contributed by atoms with Crippen molar-refractivity contribution in [2.75, 3.05) is 23.3 Å². The number of alkyl halides is 3. The molecule has 0 saturated carbocycles. The van der Waals surface area contributed by atoms with Crippen molar-refractivity contribution in [3.8, 4) is 5.75 Å². The first kappa shape index (κ1) is 21.7. The van der Waals surface area contributed by atoms with Crippen LogP contribution in [0.4, 0.5) is 24.7 Å². The average Bonchev–Trinajstić information content (AvgIpc) is 2.78. The van der Waals surface area contributed by atoms with Crippen molar-refractivity contribution in [1.29, 1.82) is 0 Å². The largest absolute Gasteiger partial charge is 0.508 e. The van der Waals surface area contributed by atoms with Crippen LogP contribution in [0.25, 0.3) is 16.8 Å². The number of carbonyl (C=O) groups is 1.